The van der Waals surface area contributed by atoms with Gasteiger partial charge in [0.2, 0.25) is 11.8 Å². The van der Waals surface area contributed by atoms with Gasteiger partial charge in [-0.3, -0.25) is 14.5 Å². The predicted octanol–water partition coefficient (Wildman–Crippen LogP) is 2.98. The standard InChI is InChI=1S/C24H31N3O4/c1-30-20-6-2-5-19(15-20)22-8-3-11-27(22)23(28)17-26-12-9-18(10-13-26)24(29)25-16-21-7-4-14-31-21/h2,4-7,14-15,18,22H,3,8-13,16-17H2,1H3,(H,25,29). The Hall–Kier alpha value is -2.80. The van der Waals surface area contributed by atoms with E-state index in [0.717, 1.165) is 62.4 Å². The first-order valence-electron chi connectivity index (χ1n) is 11.1. The lowest BCUT2D eigenvalue weighted by Crippen LogP contribution is -2.45. The van der Waals surface area contributed by atoms with Gasteiger partial charge in [0.25, 0.3) is 0 Å². The van der Waals surface area contributed by atoms with Gasteiger partial charge >= 0.3 is 0 Å². The second kappa shape index (κ2) is 10.0. The second-order valence-electron chi connectivity index (χ2n) is 8.37. The minimum atomic E-state index is -0.00219. The van der Waals surface area contributed by atoms with E-state index in [0.29, 0.717) is 13.1 Å². The van der Waals surface area contributed by atoms with E-state index in [2.05, 4.69) is 16.3 Å². The Morgan fingerprint density at radius 3 is 2.71 bits per heavy atom. The number of nitrogens with one attached hydrogen (secondary N) is 1. The van der Waals surface area contributed by atoms with Crippen LogP contribution in [-0.2, 0) is 16.1 Å². The summed E-state index contributed by atoms with van der Waals surface area (Å²) in [5.74, 6) is 1.82. The van der Waals surface area contributed by atoms with E-state index in [1.54, 1.807) is 13.4 Å². The van der Waals surface area contributed by atoms with E-state index >= 15 is 0 Å². The Bertz CT molecular complexity index is 875. The van der Waals surface area contributed by atoms with Crippen LogP contribution in [0.5, 0.6) is 5.75 Å². The molecule has 31 heavy (non-hydrogen) atoms. The zero-order chi connectivity index (χ0) is 21.6. The highest BCUT2D eigenvalue weighted by molar-refractivity contribution is 5.80. The molecule has 2 aromatic rings. The molecule has 3 heterocycles. The van der Waals surface area contributed by atoms with E-state index in [1.807, 2.05) is 35.2 Å². The minimum Gasteiger partial charge on any atom is -0.497 e. The Morgan fingerprint density at radius 2 is 1.97 bits per heavy atom. The van der Waals surface area contributed by atoms with Crippen molar-refractivity contribution in [2.75, 3.05) is 33.3 Å². The summed E-state index contributed by atoms with van der Waals surface area (Å²) in [4.78, 5) is 29.7. The first kappa shape index (κ1) is 21.4. The first-order chi connectivity index (χ1) is 15.1. The summed E-state index contributed by atoms with van der Waals surface area (Å²) < 4.78 is 10.6. The third kappa shape index (κ3) is 5.28. The van der Waals surface area contributed by atoms with Crippen LogP contribution in [-0.4, -0.2) is 54.9 Å². The molecule has 0 saturated carbocycles. The molecule has 1 unspecified atom stereocenters. The molecule has 2 fully saturated rings. The number of carbonyl (C=O) groups excluding carboxylic acids is 2. The number of rotatable bonds is 7. The fraction of sp³-hybridized carbons (Fsp3) is 0.500. The maximum Gasteiger partial charge on any atom is 0.237 e. The maximum atomic E-state index is 13.1. The van der Waals surface area contributed by atoms with Crippen molar-refractivity contribution in [1.29, 1.82) is 0 Å². The van der Waals surface area contributed by atoms with E-state index in [1.165, 1.54) is 0 Å². The molecule has 7 nitrogen and oxygen atoms in total. The van der Waals surface area contributed by atoms with Crippen molar-refractivity contribution in [3.8, 4) is 5.75 Å². The molecule has 2 amide bonds. The van der Waals surface area contributed by atoms with Gasteiger partial charge in [0, 0.05) is 12.5 Å². The highest BCUT2D eigenvalue weighted by atomic mass is 16.5. The van der Waals surface area contributed by atoms with Crippen LogP contribution in [0.25, 0.3) is 0 Å². The lowest BCUT2D eigenvalue weighted by molar-refractivity contribution is -0.134. The molecule has 166 valence electrons. The molecular weight excluding hydrogens is 394 g/mol. The van der Waals surface area contributed by atoms with E-state index < -0.39 is 0 Å². The molecule has 0 bridgehead atoms. The Morgan fingerprint density at radius 1 is 1.13 bits per heavy atom. The summed E-state index contributed by atoms with van der Waals surface area (Å²) in [6.45, 7) is 3.17. The molecule has 1 atom stereocenters. The van der Waals surface area contributed by atoms with E-state index in [9.17, 15) is 9.59 Å². The number of ether oxygens (including phenoxy) is 1. The van der Waals surface area contributed by atoms with Gasteiger partial charge in [-0.1, -0.05) is 12.1 Å². The van der Waals surface area contributed by atoms with Gasteiger partial charge in [0.05, 0.1) is 32.5 Å². The fourth-order valence-electron chi connectivity index (χ4n) is 4.63. The molecule has 0 radical (unpaired) electrons. The van der Waals surface area contributed by atoms with Gasteiger partial charge in [-0.05, 0) is 68.6 Å². The Labute approximate surface area is 183 Å². The summed E-state index contributed by atoms with van der Waals surface area (Å²) >= 11 is 0. The molecule has 4 rings (SSSR count). The van der Waals surface area contributed by atoms with Crippen LogP contribution in [0.3, 0.4) is 0 Å². The number of hydrogen-bond donors (Lipinski definition) is 1. The van der Waals surface area contributed by atoms with Crippen molar-refractivity contribution < 1.29 is 18.7 Å². The van der Waals surface area contributed by atoms with Gasteiger partial charge in [-0.2, -0.15) is 0 Å². The van der Waals surface area contributed by atoms with Crippen LogP contribution in [0.2, 0.25) is 0 Å². The molecule has 2 aliphatic heterocycles. The smallest absolute Gasteiger partial charge is 0.237 e. The van der Waals surface area contributed by atoms with Crippen molar-refractivity contribution in [1.82, 2.24) is 15.1 Å². The average molecular weight is 426 g/mol. The fourth-order valence-corrected chi connectivity index (χ4v) is 4.63. The maximum absolute atomic E-state index is 13.1. The van der Waals surface area contributed by atoms with Gasteiger partial charge in [-0.25, -0.2) is 0 Å². The molecule has 2 aliphatic rings. The van der Waals surface area contributed by atoms with Crippen molar-refractivity contribution in [3.05, 3.63) is 54.0 Å². The lowest BCUT2D eigenvalue weighted by Gasteiger charge is -2.33. The number of methoxy groups -OCH3 is 1. The molecular formula is C24H31N3O4. The predicted molar refractivity (Wildman–Crippen MR) is 116 cm³/mol. The van der Waals surface area contributed by atoms with Crippen LogP contribution in [0.1, 0.15) is 43.0 Å². The third-order valence-corrected chi connectivity index (χ3v) is 6.39. The van der Waals surface area contributed by atoms with Crippen molar-refractivity contribution in [3.63, 3.8) is 0 Å². The number of benzene rings is 1. The van der Waals surface area contributed by atoms with Crippen molar-refractivity contribution >= 4 is 11.8 Å². The SMILES string of the molecule is COc1cccc(C2CCCN2C(=O)CN2CCC(C(=O)NCc3ccco3)CC2)c1. The lowest BCUT2D eigenvalue weighted by atomic mass is 9.96. The number of piperidine rings is 1. The topological polar surface area (TPSA) is 75.0 Å². The van der Waals surface area contributed by atoms with Crippen LogP contribution < -0.4 is 10.1 Å². The third-order valence-electron chi connectivity index (χ3n) is 6.39. The largest absolute Gasteiger partial charge is 0.497 e. The van der Waals surface area contributed by atoms with Crippen LogP contribution in [0.15, 0.2) is 47.1 Å². The molecule has 2 saturated heterocycles. The molecule has 1 aromatic heterocycles. The van der Waals surface area contributed by atoms with Gasteiger partial charge in [0.1, 0.15) is 11.5 Å². The Kier molecular flexibility index (Phi) is 6.92. The summed E-state index contributed by atoms with van der Waals surface area (Å²) in [5, 5.41) is 2.95. The summed E-state index contributed by atoms with van der Waals surface area (Å²) in [6, 6.07) is 11.8. The number of furan rings is 1. The zero-order valence-corrected chi connectivity index (χ0v) is 18.1. The van der Waals surface area contributed by atoms with Crippen molar-refractivity contribution in [2.24, 2.45) is 5.92 Å². The number of likely N-dealkylation sites (tertiary alicyclic amines) is 2. The summed E-state index contributed by atoms with van der Waals surface area (Å²) in [5.41, 5.74) is 1.14. The van der Waals surface area contributed by atoms with Gasteiger partial charge < -0.3 is 19.4 Å². The molecule has 7 heteroatoms. The second-order valence-corrected chi connectivity index (χ2v) is 8.37. The number of hydrogen-bond acceptors (Lipinski definition) is 5. The highest BCUT2D eigenvalue weighted by Gasteiger charge is 2.32. The van der Waals surface area contributed by atoms with Crippen LogP contribution in [0, 0.1) is 5.92 Å². The summed E-state index contributed by atoms with van der Waals surface area (Å²) in [7, 11) is 1.66. The molecule has 0 aliphatic carbocycles. The summed E-state index contributed by atoms with van der Waals surface area (Å²) in [6.07, 6.45) is 5.16. The van der Waals surface area contributed by atoms with Crippen molar-refractivity contribution in [2.45, 2.75) is 38.3 Å². The number of amides is 2. The molecule has 0 spiro atoms. The Balaban J connectivity index is 1.26. The average Bonchev–Trinajstić information content (AvgIpc) is 3.50. The number of carbonyl (C=O) groups is 2. The normalized spacial score (nSPS) is 20.0. The highest BCUT2D eigenvalue weighted by Crippen LogP contribution is 2.33. The van der Waals surface area contributed by atoms with Crippen LogP contribution >= 0.6 is 0 Å². The molecule has 1 aromatic carbocycles. The minimum absolute atomic E-state index is 0.00219. The van der Waals surface area contributed by atoms with E-state index in [-0.39, 0.29) is 23.8 Å². The van der Waals surface area contributed by atoms with Crippen LogP contribution in [0.4, 0.5) is 0 Å². The van der Waals surface area contributed by atoms with E-state index in [4.69, 9.17) is 9.15 Å². The monoisotopic (exact) mass is 425 g/mol. The number of nitrogens with zero attached hydrogens (tertiary/aromatic N) is 2. The van der Waals surface area contributed by atoms with Gasteiger partial charge in [0.15, 0.2) is 0 Å². The quantitative estimate of drug-likeness (QED) is 0.738. The zero-order valence-electron chi connectivity index (χ0n) is 18.1. The molecule has 1 N–H and O–H groups in total. The first-order valence-corrected chi connectivity index (χ1v) is 11.1. The van der Waals surface area contributed by atoms with Gasteiger partial charge in [-0.15, -0.1) is 0 Å².